The largest absolute Gasteiger partial charge is 2.00 e. The number of rotatable bonds is 16. The number of esters is 4. The summed E-state index contributed by atoms with van der Waals surface area (Å²) in [7, 11) is -9.08. The van der Waals surface area contributed by atoms with Crippen LogP contribution < -0.4 is 0 Å². The molecule has 118 heavy (non-hydrogen) atoms. The topological polar surface area (TPSA) is 477 Å². The van der Waals surface area contributed by atoms with Crippen LogP contribution >= 0.6 is 0 Å². The van der Waals surface area contributed by atoms with Crippen LogP contribution in [0.1, 0.15) is 179 Å². The molecule has 8 aromatic heterocycles. The molecule has 0 aromatic carbocycles. The first-order valence-electron chi connectivity index (χ1n) is 32.8. The number of alkyl halides is 12. The number of aryl methyl sites for hydroxylation is 8. The molecule has 8 aromatic rings. The van der Waals surface area contributed by atoms with Crippen LogP contribution in [0.25, 0.3) is 0 Å². The van der Waals surface area contributed by atoms with Gasteiger partial charge in [0, 0.05) is 156 Å². The van der Waals surface area contributed by atoms with Crippen LogP contribution in [-0.2, 0) is 169 Å². The summed E-state index contributed by atoms with van der Waals surface area (Å²) in [5.74, 6) is 4.51. The molecule has 36 nitrogen and oxygen atoms in total. The molecule has 8 heterocycles. The molecule has 0 fully saturated rings. The summed E-state index contributed by atoms with van der Waals surface area (Å²) < 4.78 is 273. The molecule has 0 aliphatic heterocycles. The number of halogens is 12. The summed E-state index contributed by atoms with van der Waals surface area (Å²) in [5, 5.41) is 0. The van der Waals surface area contributed by atoms with Crippen molar-refractivity contribution in [1.29, 1.82) is 0 Å². The maximum atomic E-state index is 12.2. The van der Waals surface area contributed by atoms with Crippen molar-refractivity contribution in [2.45, 2.75) is 177 Å². The van der Waals surface area contributed by atoms with Crippen molar-refractivity contribution >= 4 is 64.3 Å². The number of imidazole rings is 8. The second kappa shape index (κ2) is 44.6. The van der Waals surface area contributed by atoms with Crippen molar-refractivity contribution in [3.63, 3.8) is 0 Å². The molecule has 0 aliphatic rings. The Morgan fingerprint density at radius 2 is 0.373 bits per heavy atom. The molecule has 0 spiro atoms. The van der Waals surface area contributed by atoms with Crippen molar-refractivity contribution in [3.05, 3.63) is 146 Å². The van der Waals surface area contributed by atoms with Crippen LogP contribution in [0.4, 0.5) is 52.7 Å². The number of carbonyl (C=O) groups is 4. The molecule has 0 amide bonds. The van der Waals surface area contributed by atoms with Gasteiger partial charge in [0.2, 0.25) is 0 Å². The molecule has 0 radical (unpaired) electrons. The van der Waals surface area contributed by atoms with E-state index < -0.39 is 84.9 Å². The average molecular weight is 1870 g/mol. The average Bonchev–Trinajstić information content (AvgIpc) is 1.68. The Labute approximate surface area is 692 Å². The smallest absolute Gasteiger partial charge is 0.741 e. The normalized spacial score (nSPS) is 12.3. The van der Waals surface area contributed by atoms with E-state index in [-0.39, 0.29) is 107 Å². The first kappa shape index (κ1) is 111. The summed E-state index contributed by atoms with van der Waals surface area (Å²) in [6.07, 6.45) is 29.5. The maximum Gasteiger partial charge on any atom is 2.00 e. The first-order valence-corrected chi connectivity index (χ1v) is 38.5. The van der Waals surface area contributed by atoms with Crippen molar-refractivity contribution < 1.29 is 177 Å². The van der Waals surface area contributed by atoms with Gasteiger partial charge in [-0.1, -0.05) is 0 Å². The number of hydrogen-bond acceptors (Lipinski definition) is 28. The molecule has 0 bridgehead atoms. The molecule has 54 heteroatoms. The van der Waals surface area contributed by atoms with E-state index >= 15 is 0 Å². The fourth-order valence-corrected chi connectivity index (χ4v) is 9.09. The number of hydrogen-bond donors (Lipinski definition) is 0. The molecule has 0 saturated heterocycles. The van der Waals surface area contributed by atoms with Crippen LogP contribution in [0.3, 0.4) is 0 Å². The third-order valence-electron chi connectivity index (χ3n) is 13.7. The van der Waals surface area contributed by atoms with E-state index in [0.717, 1.165) is 46.6 Å². The molecule has 0 aliphatic carbocycles. The van der Waals surface area contributed by atoms with Gasteiger partial charge >= 0.3 is 80.0 Å². The first-order chi connectivity index (χ1) is 52.1. The van der Waals surface area contributed by atoms with E-state index in [2.05, 4.69) is 39.9 Å². The van der Waals surface area contributed by atoms with Gasteiger partial charge in [-0.3, -0.25) is 19.2 Å². The van der Waals surface area contributed by atoms with E-state index in [4.69, 9.17) is 70.8 Å². The number of carbonyl (C=O) groups excluding carboxylic acids is 4. The second-order valence-electron chi connectivity index (χ2n) is 28.1. The van der Waals surface area contributed by atoms with Crippen molar-refractivity contribution in [2.24, 2.45) is 56.4 Å². The van der Waals surface area contributed by atoms with Gasteiger partial charge < -0.3 is 73.7 Å². The molecule has 8 rings (SSSR count). The molecular formula is C64H88F12Fe2N16O20S4. The quantitative estimate of drug-likeness (QED) is 0.0219. The van der Waals surface area contributed by atoms with Crippen LogP contribution in [0.15, 0.2) is 99.1 Å². The van der Waals surface area contributed by atoms with Crippen molar-refractivity contribution in [2.75, 3.05) is 0 Å². The minimum atomic E-state index is -6.09. The maximum absolute atomic E-state index is 12.2. The second-order valence-corrected chi connectivity index (χ2v) is 33.6. The Balaban J connectivity index is 0. The summed E-state index contributed by atoms with van der Waals surface area (Å²) in [4.78, 5) is 83.7. The molecular weight excluding hydrogens is 1780 g/mol. The van der Waals surface area contributed by atoms with E-state index in [9.17, 15) is 71.9 Å². The number of aromatic nitrogens is 16. The summed E-state index contributed by atoms with van der Waals surface area (Å²) in [6, 6.07) is 0. The van der Waals surface area contributed by atoms with E-state index in [1.807, 2.05) is 226 Å². The molecule has 0 N–H and O–H groups in total. The zero-order chi connectivity index (χ0) is 90.5. The minimum absolute atomic E-state index is 0. The summed E-state index contributed by atoms with van der Waals surface area (Å²) in [5.41, 5.74) is -24.6. The predicted molar refractivity (Wildman–Crippen MR) is 378 cm³/mol. The summed E-state index contributed by atoms with van der Waals surface area (Å²) in [6.45, 7) is 22.4. The van der Waals surface area contributed by atoms with E-state index in [0.29, 0.717) is 0 Å². The Hall–Kier alpha value is -8.60. The molecule has 0 saturated carbocycles. The van der Waals surface area contributed by atoms with Crippen molar-refractivity contribution in [1.82, 2.24) is 76.4 Å². The van der Waals surface area contributed by atoms with Gasteiger partial charge in [-0.15, -0.1) is 0 Å². The van der Waals surface area contributed by atoms with Crippen molar-refractivity contribution in [3.8, 4) is 0 Å². The van der Waals surface area contributed by atoms with Crippen LogP contribution in [0.5, 0.6) is 0 Å². The zero-order valence-electron chi connectivity index (χ0n) is 66.6. The summed E-state index contributed by atoms with van der Waals surface area (Å²) >= 11 is 0. The Morgan fingerprint density at radius 1 is 0.280 bits per heavy atom. The van der Waals surface area contributed by atoms with Gasteiger partial charge in [-0.25, -0.2) is 73.5 Å². The third-order valence-corrected chi connectivity index (χ3v) is 15.9. The van der Waals surface area contributed by atoms with E-state index in [1.165, 1.54) is 0 Å². The minimum Gasteiger partial charge on any atom is -0.741 e. The Morgan fingerprint density at radius 3 is 0.432 bits per heavy atom. The zero-order valence-corrected chi connectivity index (χ0v) is 72.0. The van der Waals surface area contributed by atoms with Crippen LogP contribution in [-0.4, -0.2) is 197 Å². The SMILES string of the molecule is Cn1ccnc1C(CC(=O)OC(C)(C)C)c1nccn1C.Cn1ccnc1C(CC(=O)OC(C)(C)C)c1nccn1C.Cn1ccnc1C(CC(=O)OC(C)(C)C)c1nccn1C.Cn1ccnc1C(CC(=O)OC(C)(C)C)c1nccn1C.O=S(=O)([O-])C(F)(F)F.O=S(=O)([O-])C(F)(F)F.O=S(=O)([O-])C(F)(F)F.O=S(=O)([O-])C(F)(F)F.[Fe+2].[Fe+2]. The molecule has 0 atom stereocenters. The number of nitrogens with zero attached hydrogens (tertiary/aromatic N) is 16. The predicted octanol–water partition coefficient (Wildman–Crippen LogP) is 8.27. The monoisotopic (exact) mass is 1870 g/mol. The fourth-order valence-electron chi connectivity index (χ4n) is 9.09. The molecule has 668 valence electrons. The van der Waals surface area contributed by atoms with Crippen LogP contribution in [0.2, 0.25) is 0 Å². The third kappa shape index (κ3) is 39.5. The van der Waals surface area contributed by atoms with Gasteiger partial charge in [-0.05, 0) is 83.1 Å². The van der Waals surface area contributed by atoms with Gasteiger partial charge in [0.1, 0.15) is 69.0 Å². The van der Waals surface area contributed by atoms with Gasteiger partial charge in [0.05, 0.1) is 49.4 Å². The fraction of sp³-hybridized carbons (Fsp3) is 0.562. The van der Waals surface area contributed by atoms with E-state index in [1.54, 1.807) is 49.6 Å². The van der Waals surface area contributed by atoms with Gasteiger partial charge in [-0.2, -0.15) is 52.7 Å². The standard InChI is InChI=1S/4C15H22N4O2.4CHF3O3S.2Fe/c4*1-15(2,3)21-12(20)10-11(13-16-6-8-18(13)4)14-17-7-9-19(14)5;4*2-1(3,4)8(5,6)7;;/h4*6-9,11H,10H2,1-5H3;4*(H,5,6,7);;/q;;;;;;;;2*+2/p-4. The van der Waals surface area contributed by atoms with Crippen LogP contribution in [0, 0.1) is 0 Å². The molecule has 0 unspecified atom stereocenters. The Kier molecular flexibility index (Phi) is 42.1. The van der Waals surface area contributed by atoms with Gasteiger partial charge in [0.25, 0.3) is 0 Å². The number of ether oxygens (including phenoxy) is 4. The van der Waals surface area contributed by atoms with Gasteiger partial charge in [0.15, 0.2) is 40.5 Å². The Bertz CT molecular complexity index is 4180.